The predicted molar refractivity (Wildman–Crippen MR) is 67.4 cm³/mol. The van der Waals surface area contributed by atoms with Gasteiger partial charge < -0.3 is 10.2 Å². The molecule has 0 aromatic heterocycles. The normalized spacial score (nSPS) is 20.6. The minimum absolute atomic E-state index is 0.270. The fourth-order valence-electron chi connectivity index (χ4n) is 2.16. The Morgan fingerprint density at radius 2 is 2.06 bits per heavy atom. The highest BCUT2D eigenvalue weighted by molar-refractivity contribution is 5.78. The molecule has 1 aliphatic heterocycles. The second-order valence-electron chi connectivity index (χ2n) is 5.58. The van der Waals surface area contributed by atoms with Crippen LogP contribution in [0.5, 0.6) is 0 Å². The molecule has 3 nitrogen and oxygen atoms in total. The maximum absolute atomic E-state index is 11.9. The van der Waals surface area contributed by atoms with Crippen molar-refractivity contribution in [3.05, 3.63) is 0 Å². The van der Waals surface area contributed by atoms with Crippen molar-refractivity contribution >= 4 is 5.91 Å². The number of carbonyl (C=O) groups is 1. The van der Waals surface area contributed by atoms with Crippen LogP contribution in [0.15, 0.2) is 0 Å². The molecular formula is C13H26N2O. The van der Waals surface area contributed by atoms with Crippen LogP contribution in [0.25, 0.3) is 0 Å². The van der Waals surface area contributed by atoms with E-state index in [1.165, 1.54) is 6.42 Å². The van der Waals surface area contributed by atoms with Crippen LogP contribution in [0.1, 0.15) is 46.5 Å². The van der Waals surface area contributed by atoms with E-state index in [0.717, 1.165) is 38.9 Å². The molecular weight excluding hydrogens is 200 g/mol. The molecule has 0 aliphatic carbocycles. The Kier molecular flexibility index (Phi) is 5.26. The molecule has 0 aromatic rings. The minimum Gasteiger partial charge on any atom is -0.342 e. The fraction of sp³-hybridized carbons (Fsp3) is 0.923. The Morgan fingerprint density at radius 1 is 1.31 bits per heavy atom. The number of rotatable bonds is 4. The van der Waals surface area contributed by atoms with E-state index in [9.17, 15) is 4.79 Å². The Hall–Kier alpha value is -0.570. The van der Waals surface area contributed by atoms with Gasteiger partial charge in [-0.15, -0.1) is 0 Å². The molecule has 0 atom stereocenters. The quantitative estimate of drug-likeness (QED) is 0.744. The smallest absolute Gasteiger partial charge is 0.236 e. The summed E-state index contributed by atoms with van der Waals surface area (Å²) < 4.78 is 0. The number of likely N-dealkylation sites (tertiary alicyclic amines) is 1. The van der Waals surface area contributed by atoms with Gasteiger partial charge in [-0.25, -0.2) is 0 Å². The van der Waals surface area contributed by atoms with E-state index in [4.69, 9.17) is 0 Å². The molecule has 16 heavy (non-hydrogen) atoms. The number of carbonyl (C=O) groups excluding carboxylic acids is 1. The second-order valence-corrected chi connectivity index (χ2v) is 5.58. The first-order valence-corrected chi connectivity index (χ1v) is 6.54. The van der Waals surface area contributed by atoms with Crippen molar-refractivity contribution in [2.75, 3.05) is 26.2 Å². The van der Waals surface area contributed by atoms with Crippen LogP contribution in [-0.2, 0) is 4.79 Å². The maximum atomic E-state index is 11.9. The van der Waals surface area contributed by atoms with E-state index < -0.39 is 0 Å². The van der Waals surface area contributed by atoms with Crippen LogP contribution in [0.2, 0.25) is 0 Å². The summed E-state index contributed by atoms with van der Waals surface area (Å²) in [6.45, 7) is 10.0. The largest absolute Gasteiger partial charge is 0.342 e. The van der Waals surface area contributed by atoms with Crippen molar-refractivity contribution in [2.24, 2.45) is 5.41 Å². The summed E-state index contributed by atoms with van der Waals surface area (Å²) in [5.74, 6) is 0.270. The molecule has 0 spiro atoms. The lowest BCUT2D eigenvalue weighted by Crippen LogP contribution is -2.39. The summed E-state index contributed by atoms with van der Waals surface area (Å²) in [4.78, 5) is 13.9. The Balaban J connectivity index is 2.33. The summed E-state index contributed by atoms with van der Waals surface area (Å²) in [6.07, 6.45) is 4.60. The zero-order chi connectivity index (χ0) is 12.0. The third-order valence-corrected chi connectivity index (χ3v) is 3.40. The van der Waals surface area contributed by atoms with Gasteiger partial charge in [0, 0.05) is 13.1 Å². The van der Waals surface area contributed by atoms with Crippen LogP contribution >= 0.6 is 0 Å². The van der Waals surface area contributed by atoms with Gasteiger partial charge in [0.2, 0.25) is 5.91 Å². The van der Waals surface area contributed by atoms with Crippen LogP contribution in [-0.4, -0.2) is 37.0 Å². The summed E-state index contributed by atoms with van der Waals surface area (Å²) in [6, 6.07) is 0. The van der Waals surface area contributed by atoms with Crippen molar-refractivity contribution in [3.63, 3.8) is 0 Å². The van der Waals surface area contributed by atoms with Gasteiger partial charge in [-0.1, -0.05) is 20.8 Å². The average molecular weight is 226 g/mol. The molecule has 1 rings (SSSR count). The number of hydrogen-bond donors (Lipinski definition) is 1. The SMILES string of the molecule is CCCNCC(=O)N1CCCC(C)(C)CC1. The Bertz CT molecular complexity index is 226. The molecule has 1 amide bonds. The van der Waals surface area contributed by atoms with Gasteiger partial charge in [0.15, 0.2) is 0 Å². The van der Waals surface area contributed by atoms with Crippen molar-refractivity contribution in [1.82, 2.24) is 10.2 Å². The molecule has 0 bridgehead atoms. The first-order chi connectivity index (χ1) is 7.55. The monoisotopic (exact) mass is 226 g/mol. The molecule has 1 saturated heterocycles. The number of hydrogen-bond acceptors (Lipinski definition) is 2. The van der Waals surface area contributed by atoms with Crippen molar-refractivity contribution in [2.45, 2.75) is 46.5 Å². The van der Waals surface area contributed by atoms with E-state index in [0.29, 0.717) is 12.0 Å². The lowest BCUT2D eigenvalue weighted by molar-refractivity contribution is -0.130. The first-order valence-electron chi connectivity index (χ1n) is 6.54. The Labute approximate surface area is 99.6 Å². The van der Waals surface area contributed by atoms with Crippen LogP contribution < -0.4 is 5.32 Å². The molecule has 1 N–H and O–H groups in total. The minimum atomic E-state index is 0.270. The summed E-state index contributed by atoms with van der Waals surface area (Å²) >= 11 is 0. The van der Waals surface area contributed by atoms with E-state index in [2.05, 4.69) is 26.1 Å². The third kappa shape index (κ3) is 4.52. The fourth-order valence-corrected chi connectivity index (χ4v) is 2.16. The molecule has 1 heterocycles. The number of amides is 1. The number of nitrogens with zero attached hydrogens (tertiary/aromatic N) is 1. The molecule has 1 fully saturated rings. The molecule has 1 aliphatic rings. The summed E-state index contributed by atoms with van der Waals surface area (Å²) in [5.41, 5.74) is 0.409. The predicted octanol–water partition coefficient (Wildman–Crippen LogP) is 2.02. The van der Waals surface area contributed by atoms with Gasteiger partial charge >= 0.3 is 0 Å². The summed E-state index contributed by atoms with van der Waals surface area (Å²) in [7, 11) is 0. The molecule has 0 unspecified atom stereocenters. The highest BCUT2D eigenvalue weighted by Crippen LogP contribution is 2.29. The van der Waals surface area contributed by atoms with E-state index in [-0.39, 0.29) is 5.91 Å². The second kappa shape index (κ2) is 6.24. The lowest BCUT2D eigenvalue weighted by Gasteiger charge is -2.23. The standard InChI is InChI=1S/C13H26N2O/c1-4-8-14-11-12(16)15-9-5-6-13(2,3)7-10-15/h14H,4-11H2,1-3H3. The van der Waals surface area contributed by atoms with Crippen LogP contribution in [0.3, 0.4) is 0 Å². The van der Waals surface area contributed by atoms with Gasteiger partial charge in [0.1, 0.15) is 0 Å². The Morgan fingerprint density at radius 3 is 2.75 bits per heavy atom. The van der Waals surface area contributed by atoms with Gasteiger partial charge in [0.25, 0.3) is 0 Å². The highest BCUT2D eigenvalue weighted by Gasteiger charge is 2.24. The molecule has 94 valence electrons. The van der Waals surface area contributed by atoms with Gasteiger partial charge in [-0.3, -0.25) is 4.79 Å². The third-order valence-electron chi connectivity index (χ3n) is 3.40. The van der Waals surface area contributed by atoms with Crippen molar-refractivity contribution in [1.29, 1.82) is 0 Å². The van der Waals surface area contributed by atoms with Crippen LogP contribution in [0, 0.1) is 5.41 Å². The zero-order valence-corrected chi connectivity index (χ0v) is 11.0. The maximum Gasteiger partial charge on any atom is 0.236 e. The van der Waals surface area contributed by atoms with E-state index >= 15 is 0 Å². The van der Waals surface area contributed by atoms with Crippen molar-refractivity contribution in [3.8, 4) is 0 Å². The summed E-state index contributed by atoms with van der Waals surface area (Å²) in [5, 5.41) is 3.18. The molecule has 0 radical (unpaired) electrons. The molecule has 0 aromatic carbocycles. The van der Waals surface area contributed by atoms with E-state index in [1.54, 1.807) is 0 Å². The number of nitrogens with one attached hydrogen (secondary N) is 1. The van der Waals surface area contributed by atoms with Gasteiger partial charge in [-0.05, 0) is 37.6 Å². The van der Waals surface area contributed by atoms with Gasteiger partial charge in [-0.2, -0.15) is 0 Å². The first kappa shape index (κ1) is 13.5. The molecule has 0 saturated carbocycles. The van der Waals surface area contributed by atoms with E-state index in [1.807, 2.05) is 4.90 Å². The average Bonchev–Trinajstić information content (AvgIpc) is 2.39. The van der Waals surface area contributed by atoms with Crippen LogP contribution in [0.4, 0.5) is 0 Å². The highest BCUT2D eigenvalue weighted by atomic mass is 16.2. The van der Waals surface area contributed by atoms with Gasteiger partial charge in [0.05, 0.1) is 6.54 Å². The zero-order valence-electron chi connectivity index (χ0n) is 11.0. The lowest BCUT2D eigenvalue weighted by atomic mass is 9.85. The molecule has 3 heteroatoms. The van der Waals surface area contributed by atoms with Crippen molar-refractivity contribution < 1.29 is 4.79 Å². The topological polar surface area (TPSA) is 32.3 Å².